The normalized spacial score (nSPS) is 17.9. The van der Waals surface area contributed by atoms with Crippen molar-refractivity contribution >= 4 is 23.8 Å². The second-order valence-electron chi connectivity index (χ2n) is 12.9. The SMILES string of the molecule is CCC(C)[C@H](NC(=O)[C@@H](Cc1ccc(C(F)(F)F)cc1)NC(=O)[C@@H](N)CCCCNC(=O)OC(C)(C)C)C(=O)N1CCC[C@@H]1CO. The highest BCUT2D eigenvalue weighted by atomic mass is 19.4. The van der Waals surface area contributed by atoms with Gasteiger partial charge in [-0.15, -0.1) is 0 Å². The average molecular weight is 658 g/mol. The highest BCUT2D eigenvalue weighted by molar-refractivity contribution is 5.93. The lowest BCUT2D eigenvalue weighted by atomic mass is 9.96. The van der Waals surface area contributed by atoms with E-state index in [1.807, 2.05) is 13.8 Å². The van der Waals surface area contributed by atoms with E-state index in [4.69, 9.17) is 10.5 Å². The zero-order chi connectivity index (χ0) is 34.7. The van der Waals surface area contributed by atoms with Crippen molar-refractivity contribution < 1.29 is 42.2 Å². The van der Waals surface area contributed by atoms with Crippen molar-refractivity contribution in [3.8, 4) is 0 Å². The molecule has 11 nitrogen and oxygen atoms in total. The molecule has 0 aromatic heterocycles. The first-order valence-electron chi connectivity index (χ1n) is 15.9. The minimum absolute atomic E-state index is 0.146. The highest BCUT2D eigenvalue weighted by Gasteiger charge is 2.37. The number of carbonyl (C=O) groups excluding carboxylic acids is 4. The summed E-state index contributed by atoms with van der Waals surface area (Å²) in [7, 11) is 0. The van der Waals surface area contributed by atoms with Gasteiger partial charge in [0.05, 0.1) is 24.3 Å². The molecule has 0 spiro atoms. The van der Waals surface area contributed by atoms with Crippen molar-refractivity contribution in [3.05, 3.63) is 35.4 Å². The number of benzene rings is 1. The van der Waals surface area contributed by atoms with Crippen LogP contribution in [0.4, 0.5) is 18.0 Å². The summed E-state index contributed by atoms with van der Waals surface area (Å²) < 4.78 is 44.5. The van der Waals surface area contributed by atoms with Crippen LogP contribution < -0.4 is 21.7 Å². The lowest BCUT2D eigenvalue weighted by Gasteiger charge is -2.32. The maximum Gasteiger partial charge on any atom is 0.416 e. The molecule has 1 aliphatic rings. The number of nitrogens with zero attached hydrogens (tertiary/aromatic N) is 1. The maximum atomic E-state index is 13.7. The Morgan fingerprint density at radius 2 is 1.72 bits per heavy atom. The first-order chi connectivity index (χ1) is 21.5. The zero-order valence-electron chi connectivity index (χ0n) is 27.4. The van der Waals surface area contributed by atoms with Crippen molar-refractivity contribution in [1.82, 2.24) is 20.9 Å². The van der Waals surface area contributed by atoms with Gasteiger partial charge in [-0.3, -0.25) is 14.4 Å². The second-order valence-corrected chi connectivity index (χ2v) is 12.9. The zero-order valence-corrected chi connectivity index (χ0v) is 27.4. The molecular formula is C32H50F3N5O6. The number of amides is 4. The van der Waals surface area contributed by atoms with Crippen LogP contribution in [0, 0.1) is 5.92 Å². The predicted molar refractivity (Wildman–Crippen MR) is 166 cm³/mol. The fourth-order valence-corrected chi connectivity index (χ4v) is 5.11. The Balaban J connectivity index is 2.14. The van der Waals surface area contributed by atoms with Gasteiger partial charge in [0.2, 0.25) is 17.7 Å². The van der Waals surface area contributed by atoms with Gasteiger partial charge in [0, 0.05) is 19.5 Å². The third-order valence-corrected chi connectivity index (χ3v) is 7.95. The van der Waals surface area contributed by atoms with E-state index in [1.165, 1.54) is 12.1 Å². The molecule has 1 aromatic rings. The van der Waals surface area contributed by atoms with Crippen molar-refractivity contribution in [2.24, 2.45) is 11.7 Å². The van der Waals surface area contributed by atoms with Crippen molar-refractivity contribution in [2.75, 3.05) is 19.7 Å². The molecule has 1 aliphatic heterocycles. The molecule has 0 radical (unpaired) electrons. The number of halogens is 3. The minimum atomic E-state index is -4.54. The van der Waals surface area contributed by atoms with Crippen LogP contribution in [0.25, 0.3) is 0 Å². The van der Waals surface area contributed by atoms with E-state index >= 15 is 0 Å². The number of rotatable bonds is 15. The molecule has 4 amide bonds. The summed E-state index contributed by atoms with van der Waals surface area (Å²) in [5.74, 6) is -1.94. The molecule has 14 heteroatoms. The summed E-state index contributed by atoms with van der Waals surface area (Å²) in [4.78, 5) is 53.7. The predicted octanol–water partition coefficient (Wildman–Crippen LogP) is 3.27. The van der Waals surface area contributed by atoms with Crippen LogP contribution in [0.3, 0.4) is 0 Å². The van der Waals surface area contributed by atoms with Crippen LogP contribution in [-0.2, 0) is 31.7 Å². The Bertz CT molecular complexity index is 1160. The average Bonchev–Trinajstić information content (AvgIpc) is 3.46. The number of hydrogen-bond acceptors (Lipinski definition) is 7. The van der Waals surface area contributed by atoms with Crippen LogP contribution in [0.5, 0.6) is 0 Å². The number of likely N-dealkylation sites (tertiary alicyclic amines) is 1. The first-order valence-corrected chi connectivity index (χ1v) is 15.9. The number of nitrogens with two attached hydrogens (primary N) is 1. The van der Waals surface area contributed by atoms with E-state index in [1.54, 1.807) is 25.7 Å². The molecule has 46 heavy (non-hydrogen) atoms. The summed E-state index contributed by atoms with van der Waals surface area (Å²) in [6.45, 7) is 9.47. The third kappa shape index (κ3) is 12.4. The summed E-state index contributed by atoms with van der Waals surface area (Å²) in [6.07, 6.45) is -2.09. The summed E-state index contributed by atoms with van der Waals surface area (Å²) >= 11 is 0. The molecule has 6 N–H and O–H groups in total. The molecule has 0 aliphatic carbocycles. The Kier molecular flexibility index (Phi) is 14.8. The van der Waals surface area contributed by atoms with E-state index in [0.29, 0.717) is 44.3 Å². The Morgan fingerprint density at radius 3 is 2.28 bits per heavy atom. The fraction of sp³-hybridized carbons (Fsp3) is 0.688. The highest BCUT2D eigenvalue weighted by Crippen LogP contribution is 2.29. The van der Waals surface area contributed by atoms with Crippen molar-refractivity contribution in [1.29, 1.82) is 0 Å². The largest absolute Gasteiger partial charge is 0.444 e. The quantitative estimate of drug-likeness (QED) is 0.181. The molecule has 1 heterocycles. The van der Waals surface area contributed by atoms with Gasteiger partial charge < -0.3 is 36.4 Å². The van der Waals surface area contributed by atoms with Crippen LogP contribution >= 0.6 is 0 Å². The van der Waals surface area contributed by atoms with Crippen LogP contribution in [0.15, 0.2) is 24.3 Å². The monoisotopic (exact) mass is 657 g/mol. The van der Waals surface area contributed by atoms with Gasteiger partial charge in [0.15, 0.2) is 0 Å². The number of nitrogens with one attached hydrogen (secondary N) is 3. The molecule has 1 fully saturated rings. The van der Waals surface area contributed by atoms with Crippen molar-refractivity contribution in [2.45, 2.75) is 116 Å². The summed E-state index contributed by atoms with van der Waals surface area (Å²) in [6, 6.07) is 0.731. The van der Waals surface area contributed by atoms with E-state index < -0.39 is 53.4 Å². The number of hydrogen-bond donors (Lipinski definition) is 5. The van der Waals surface area contributed by atoms with Gasteiger partial charge in [0.25, 0.3) is 0 Å². The molecule has 1 unspecified atom stereocenters. The minimum Gasteiger partial charge on any atom is -0.444 e. The number of carbonyl (C=O) groups is 4. The Labute approximate surface area is 269 Å². The van der Waals surface area contributed by atoms with Gasteiger partial charge >= 0.3 is 12.3 Å². The topological polar surface area (TPSA) is 163 Å². The molecule has 2 rings (SSSR count). The Hall–Kier alpha value is -3.39. The number of aliphatic hydroxyl groups is 1. The summed E-state index contributed by atoms with van der Waals surface area (Å²) in [5, 5.41) is 17.8. The second kappa shape index (κ2) is 17.5. The number of unbranched alkanes of at least 4 members (excludes halogenated alkanes) is 1. The van der Waals surface area contributed by atoms with Crippen LogP contribution in [0.1, 0.15) is 84.3 Å². The molecule has 1 saturated heterocycles. The van der Waals surface area contributed by atoms with E-state index in [2.05, 4.69) is 16.0 Å². The smallest absolute Gasteiger partial charge is 0.416 e. The van der Waals surface area contributed by atoms with Gasteiger partial charge in [-0.1, -0.05) is 32.4 Å². The first kappa shape index (κ1) is 38.8. The number of aliphatic hydroxyl groups excluding tert-OH is 1. The van der Waals surface area contributed by atoms with E-state index in [0.717, 1.165) is 18.6 Å². The Morgan fingerprint density at radius 1 is 1.07 bits per heavy atom. The maximum absolute atomic E-state index is 13.7. The van der Waals surface area contributed by atoms with Crippen molar-refractivity contribution in [3.63, 3.8) is 0 Å². The van der Waals surface area contributed by atoms with Gasteiger partial charge in [-0.05, 0) is 76.5 Å². The molecule has 1 aromatic carbocycles. The van der Waals surface area contributed by atoms with Gasteiger partial charge in [-0.2, -0.15) is 13.2 Å². The van der Waals surface area contributed by atoms with Gasteiger partial charge in [-0.25, -0.2) is 4.79 Å². The van der Waals surface area contributed by atoms with E-state index in [9.17, 15) is 37.5 Å². The van der Waals surface area contributed by atoms with Crippen LogP contribution in [0.2, 0.25) is 0 Å². The molecule has 5 atom stereocenters. The molecule has 0 bridgehead atoms. The molecular weight excluding hydrogens is 607 g/mol. The molecule has 260 valence electrons. The lowest BCUT2D eigenvalue weighted by Crippen LogP contribution is -2.58. The summed E-state index contributed by atoms with van der Waals surface area (Å²) in [5.41, 5.74) is 5.00. The van der Waals surface area contributed by atoms with E-state index in [-0.39, 0.29) is 37.3 Å². The third-order valence-electron chi connectivity index (χ3n) is 7.95. The lowest BCUT2D eigenvalue weighted by molar-refractivity contribution is -0.140. The molecule has 0 saturated carbocycles. The van der Waals surface area contributed by atoms with Gasteiger partial charge in [0.1, 0.15) is 17.7 Å². The van der Waals surface area contributed by atoms with Crippen LogP contribution in [-0.4, -0.2) is 83.3 Å². The number of alkyl carbamates (subject to hydrolysis) is 1. The fourth-order valence-electron chi connectivity index (χ4n) is 5.11. The number of ether oxygens (including phenoxy) is 1. The number of alkyl halides is 3. The standard InChI is InChI=1S/C32H50F3N5O6/c1-6-20(2)26(29(44)40-17-9-10-23(40)19-41)39-28(43)25(18-21-12-14-22(15-13-21)32(33,34)35)38-27(42)24(36)11-7-8-16-37-30(45)46-31(3,4)5/h12-15,20,23-26,41H,6-11,16-19,36H2,1-5H3,(H,37,45)(H,38,42)(H,39,43)/t20?,23-,24+,25-,26+/m1/s1.